The minimum atomic E-state index is 1.27. The van der Waals surface area contributed by atoms with Crippen LogP contribution in [0.4, 0.5) is 0 Å². The predicted octanol–water partition coefficient (Wildman–Crippen LogP) is 16.6. The molecule has 11 aromatic rings. The van der Waals surface area contributed by atoms with Gasteiger partial charge in [0.25, 0.3) is 0 Å². The maximum Gasteiger partial charge on any atom is 0.0369 e. The molecule has 11 rings (SSSR count). The van der Waals surface area contributed by atoms with E-state index >= 15 is 0 Å². The van der Waals surface area contributed by atoms with Crippen molar-refractivity contribution in [1.29, 1.82) is 0 Å². The minimum Gasteiger partial charge on any atom is -0.135 e. The summed E-state index contributed by atoms with van der Waals surface area (Å²) in [6.45, 7) is 0. The van der Waals surface area contributed by atoms with E-state index < -0.39 is 0 Å². The lowest BCUT2D eigenvalue weighted by Gasteiger charge is -2.01. The fourth-order valence-corrected chi connectivity index (χ4v) is 12.7. The largest absolute Gasteiger partial charge is 0.135 e. The van der Waals surface area contributed by atoms with E-state index in [0.717, 1.165) is 0 Å². The van der Waals surface area contributed by atoms with Crippen molar-refractivity contribution >= 4 is 97.0 Å². The van der Waals surface area contributed by atoms with Gasteiger partial charge in [-0.2, -0.15) is 0 Å². The average molecular weight is 765 g/mol. The normalized spacial score (nSPS) is 11.8. The predicted molar refractivity (Wildman–Crippen MR) is 238 cm³/mol. The first-order valence-corrected chi connectivity index (χ1v) is 21.6. The Kier molecular flexibility index (Phi) is 7.56. The Bertz CT molecular complexity index is 2870. The molecule has 0 saturated carbocycles. The molecule has 0 radical (unpaired) electrons. The Balaban J connectivity index is 0.869. The molecule has 0 spiro atoms. The van der Waals surface area contributed by atoms with Crippen LogP contribution >= 0.6 is 56.7 Å². The van der Waals surface area contributed by atoms with Crippen LogP contribution in [0.3, 0.4) is 0 Å². The van der Waals surface area contributed by atoms with Gasteiger partial charge < -0.3 is 0 Å². The van der Waals surface area contributed by atoms with Crippen LogP contribution in [-0.4, -0.2) is 0 Å². The summed E-state index contributed by atoms with van der Waals surface area (Å²) >= 11 is 9.41. The van der Waals surface area contributed by atoms with Crippen LogP contribution < -0.4 is 0 Å². The molecule has 0 aliphatic heterocycles. The maximum atomic E-state index is 2.42. The zero-order valence-electron chi connectivity index (χ0n) is 28.2. The van der Waals surface area contributed by atoms with Gasteiger partial charge in [-0.1, -0.05) is 109 Å². The second-order valence-corrected chi connectivity index (χ2v) is 18.7. The van der Waals surface area contributed by atoms with Gasteiger partial charge in [-0.15, -0.1) is 56.7 Å². The molecule has 5 aromatic heterocycles. The summed E-state index contributed by atoms with van der Waals surface area (Å²) in [5, 5.41) is 5.35. The molecule has 0 fully saturated rings. The van der Waals surface area contributed by atoms with E-state index in [1.54, 1.807) is 0 Å². The first-order valence-electron chi connectivity index (χ1n) is 17.5. The Labute approximate surface area is 327 Å². The second-order valence-electron chi connectivity index (χ2n) is 13.3. The Morgan fingerprint density at radius 2 is 0.566 bits per heavy atom. The van der Waals surface area contributed by atoms with Gasteiger partial charge in [-0.05, 0) is 105 Å². The van der Waals surface area contributed by atoms with Crippen LogP contribution in [-0.2, 0) is 0 Å². The summed E-state index contributed by atoms with van der Waals surface area (Å²) in [5.41, 5.74) is 7.63. The van der Waals surface area contributed by atoms with Gasteiger partial charge in [0.05, 0.1) is 0 Å². The number of hydrogen-bond donors (Lipinski definition) is 0. The van der Waals surface area contributed by atoms with E-state index in [1.807, 2.05) is 56.7 Å². The Hall–Kier alpha value is -5.14. The van der Waals surface area contributed by atoms with Crippen molar-refractivity contribution in [3.8, 4) is 62.6 Å². The third-order valence-corrected chi connectivity index (χ3v) is 15.8. The quantitative estimate of drug-likeness (QED) is 0.158. The van der Waals surface area contributed by atoms with E-state index in [-0.39, 0.29) is 0 Å². The van der Waals surface area contributed by atoms with E-state index in [4.69, 9.17) is 0 Å². The molecular weight excluding hydrogens is 737 g/mol. The monoisotopic (exact) mass is 764 g/mol. The molecule has 6 aromatic carbocycles. The molecule has 0 nitrogen and oxygen atoms in total. The van der Waals surface area contributed by atoms with Crippen LogP contribution in [0.5, 0.6) is 0 Å². The number of hydrogen-bond acceptors (Lipinski definition) is 5. The standard InChI is InChI=1S/C48H28S5/c1-3-7-29(8-4-1)39-19-21-41(49-39)31-11-15-33(16-12-31)43-25-35-23-37-38-24-36-26-44(52-46(36)28-48(38)53-47(37)27-45(35)51-43)34-17-13-32(14-18-34)42-22-20-40(50-42)30-9-5-2-6-10-30/h1-28H. The highest BCUT2D eigenvalue weighted by Gasteiger charge is 2.14. The molecule has 53 heavy (non-hydrogen) atoms. The minimum absolute atomic E-state index is 1.27. The zero-order chi connectivity index (χ0) is 34.9. The molecular formula is C48H28S5. The molecule has 0 atom stereocenters. The molecule has 0 bridgehead atoms. The van der Waals surface area contributed by atoms with Crippen LogP contribution in [0.1, 0.15) is 0 Å². The lowest BCUT2D eigenvalue weighted by Crippen LogP contribution is -1.74. The smallest absolute Gasteiger partial charge is 0.0369 e. The molecule has 0 N–H and O–H groups in total. The summed E-state index contributed by atoms with van der Waals surface area (Å²) in [6, 6.07) is 62.8. The molecule has 0 saturated heterocycles. The van der Waals surface area contributed by atoms with Crippen molar-refractivity contribution in [3.63, 3.8) is 0 Å². The first-order chi connectivity index (χ1) is 26.2. The number of benzene rings is 6. The molecule has 0 unspecified atom stereocenters. The summed E-state index contributed by atoms with van der Waals surface area (Å²) < 4.78 is 5.42. The van der Waals surface area contributed by atoms with E-state index in [2.05, 4.69) is 170 Å². The van der Waals surface area contributed by atoms with Crippen LogP contribution in [0.2, 0.25) is 0 Å². The van der Waals surface area contributed by atoms with Crippen molar-refractivity contribution in [2.24, 2.45) is 0 Å². The van der Waals surface area contributed by atoms with Crippen molar-refractivity contribution in [2.45, 2.75) is 0 Å². The summed E-state index contributed by atoms with van der Waals surface area (Å²) in [5.74, 6) is 0. The summed E-state index contributed by atoms with van der Waals surface area (Å²) in [7, 11) is 0. The van der Waals surface area contributed by atoms with Crippen molar-refractivity contribution in [3.05, 3.63) is 170 Å². The van der Waals surface area contributed by atoms with Gasteiger partial charge in [-0.25, -0.2) is 0 Å². The lowest BCUT2D eigenvalue weighted by molar-refractivity contribution is 1.68. The third kappa shape index (κ3) is 5.68. The summed E-state index contributed by atoms with van der Waals surface area (Å²) in [6.07, 6.45) is 0. The number of thiophene rings is 5. The van der Waals surface area contributed by atoms with E-state index in [1.165, 1.54) is 103 Å². The Morgan fingerprint density at radius 3 is 0.943 bits per heavy atom. The van der Waals surface area contributed by atoms with Crippen molar-refractivity contribution in [1.82, 2.24) is 0 Å². The topological polar surface area (TPSA) is 0 Å². The van der Waals surface area contributed by atoms with Gasteiger partial charge in [0, 0.05) is 58.8 Å². The van der Waals surface area contributed by atoms with Gasteiger partial charge in [0.2, 0.25) is 0 Å². The fourth-order valence-electron chi connectivity index (χ4n) is 7.23. The molecule has 0 aliphatic rings. The first kappa shape index (κ1) is 31.4. The SMILES string of the molecule is c1ccc(-c2ccc(-c3ccc(-c4cc5cc6c(cc5s4)sc4cc5sc(-c7ccc(-c8ccc(-c9ccccc9)s8)cc7)cc5cc46)cc3)s2)cc1. The van der Waals surface area contributed by atoms with Gasteiger partial charge in [0.15, 0.2) is 0 Å². The molecule has 0 aliphatic carbocycles. The highest BCUT2D eigenvalue weighted by atomic mass is 32.1. The highest BCUT2D eigenvalue weighted by Crippen LogP contribution is 2.45. The van der Waals surface area contributed by atoms with Crippen LogP contribution in [0.15, 0.2) is 170 Å². The molecule has 5 heterocycles. The highest BCUT2D eigenvalue weighted by molar-refractivity contribution is 7.27. The lowest BCUT2D eigenvalue weighted by atomic mass is 10.1. The molecule has 250 valence electrons. The molecule has 5 heteroatoms. The average Bonchev–Trinajstić information content (AvgIpc) is 4.07. The zero-order valence-corrected chi connectivity index (χ0v) is 32.3. The molecule has 0 amide bonds. The fraction of sp³-hybridized carbons (Fsp3) is 0. The van der Waals surface area contributed by atoms with Crippen LogP contribution in [0, 0.1) is 0 Å². The Morgan fingerprint density at radius 1 is 0.226 bits per heavy atom. The van der Waals surface area contributed by atoms with Crippen molar-refractivity contribution < 1.29 is 0 Å². The second kappa shape index (κ2) is 12.8. The number of rotatable bonds is 6. The van der Waals surface area contributed by atoms with Crippen LogP contribution in [0.25, 0.3) is 103 Å². The third-order valence-electron chi connectivity index (χ3n) is 9.98. The van der Waals surface area contributed by atoms with Gasteiger partial charge >= 0.3 is 0 Å². The van der Waals surface area contributed by atoms with E-state index in [9.17, 15) is 0 Å². The number of fused-ring (bicyclic) bond motifs is 5. The van der Waals surface area contributed by atoms with E-state index in [0.29, 0.717) is 0 Å². The van der Waals surface area contributed by atoms with Crippen molar-refractivity contribution in [2.75, 3.05) is 0 Å². The van der Waals surface area contributed by atoms with Gasteiger partial charge in [0.1, 0.15) is 0 Å². The van der Waals surface area contributed by atoms with Gasteiger partial charge in [-0.3, -0.25) is 0 Å². The maximum absolute atomic E-state index is 2.42. The summed E-state index contributed by atoms with van der Waals surface area (Å²) in [4.78, 5) is 7.85.